The molecule has 1 aliphatic rings. The molecule has 15 heavy (non-hydrogen) atoms. The van der Waals surface area contributed by atoms with Gasteiger partial charge in [-0.3, -0.25) is 4.79 Å². The number of hydrogen-bond acceptors (Lipinski definition) is 2. The lowest BCUT2D eigenvalue weighted by molar-refractivity contribution is -0.116. The molecule has 1 fully saturated rings. The summed E-state index contributed by atoms with van der Waals surface area (Å²) < 4.78 is 0. The van der Waals surface area contributed by atoms with E-state index in [-0.39, 0.29) is 5.91 Å². The summed E-state index contributed by atoms with van der Waals surface area (Å²) in [6.07, 6.45) is 4.63. The van der Waals surface area contributed by atoms with E-state index in [1.165, 1.54) is 12.8 Å². The molecule has 2 rings (SSSR count). The highest BCUT2D eigenvalue weighted by molar-refractivity contribution is 6.32. The summed E-state index contributed by atoms with van der Waals surface area (Å²) in [5.41, 5.74) is 1.60. The summed E-state index contributed by atoms with van der Waals surface area (Å²) in [6, 6.07) is 1.83. The second-order valence-electron chi connectivity index (χ2n) is 4.05. The van der Waals surface area contributed by atoms with E-state index in [1.54, 1.807) is 6.20 Å². The van der Waals surface area contributed by atoms with Gasteiger partial charge in [0.1, 0.15) is 0 Å². The molecule has 1 saturated carbocycles. The van der Waals surface area contributed by atoms with Crippen molar-refractivity contribution in [2.45, 2.75) is 26.2 Å². The van der Waals surface area contributed by atoms with Crippen LogP contribution in [0.5, 0.6) is 0 Å². The fraction of sp³-hybridized carbons (Fsp3) is 0.455. The van der Waals surface area contributed by atoms with Crippen molar-refractivity contribution in [3.8, 4) is 0 Å². The summed E-state index contributed by atoms with van der Waals surface area (Å²) in [4.78, 5) is 15.5. The van der Waals surface area contributed by atoms with Crippen LogP contribution in [0, 0.1) is 12.8 Å². The molecule has 1 aliphatic carbocycles. The van der Waals surface area contributed by atoms with Crippen LogP contribution in [0.2, 0.25) is 5.15 Å². The molecule has 80 valence electrons. The van der Waals surface area contributed by atoms with Crippen LogP contribution in [0.1, 0.15) is 24.8 Å². The molecule has 0 spiro atoms. The van der Waals surface area contributed by atoms with E-state index < -0.39 is 0 Å². The number of aryl methyl sites for hydroxylation is 1. The van der Waals surface area contributed by atoms with Crippen LogP contribution in [0.25, 0.3) is 0 Å². The van der Waals surface area contributed by atoms with E-state index in [0.717, 1.165) is 5.56 Å². The molecule has 0 atom stereocenters. The van der Waals surface area contributed by atoms with Gasteiger partial charge in [0, 0.05) is 12.6 Å². The molecule has 1 aromatic rings. The second-order valence-corrected chi connectivity index (χ2v) is 4.40. The molecule has 0 aromatic carbocycles. The highest BCUT2D eigenvalue weighted by Crippen LogP contribution is 2.32. The predicted molar refractivity (Wildman–Crippen MR) is 60.0 cm³/mol. The average molecular weight is 225 g/mol. The van der Waals surface area contributed by atoms with Gasteiger partial charge in [0.15, 0.2) is 5.15 Å². The quantitative estimate of drug-likeness (QED) is 0.803. The minimum atomic E-state index is 0.0341. The molecule has 0 bridgehead atoms. The SMILES string of the molecule is Cc1cnc(Cl)c(NC(=O)CC2CC2)c1. The van der Waals surface area contributed by atoms with Crippen LogP contribution in [0.15, 0.2) is 12.3 Å². The van der Waals surface area contributed by atoms with Crippen molar-refractivity contribution in [1.82, 2.24) is 4.98 Å². The maximum absolute atomic E-state index is 11.5. The highest BCUT2D eigenvalue weighted by Gasteiger charge is 2.24. The van der Waals surface area contributed by atoms with Gasteiger partial charge >= 0.3 is 0 Å². The van der Waals surface area contributed by atoms with E-state index in [2.05, 4.69) is 10.3 Å². The molecule has 1 amide bonds. The lowest BCUT2D eigenvalue weighted by Gasteiger charge is -2.06. The lowest BCUT2D eigenvalue weighted by Crippen LogP contribution is -2.12. The lowest BCUT2D eigenvalue weighted by atomic mass is 10.2. The molecule has 0 saturated heterocycles. The average Bonchev–Trinajstić information content (AvgIpc) is 2.95. The smallest absolute Gasteiger partial charge is 0.224 e. The standard InChI is InChI=1S/C11H13ClN2O/c1-7-4-9(11(12)13-6-7)14-10(15)5-8-2-3-8/h4,6,8H,2-3,5H2,1H3,(H,14,15). The Bertz CT molecular complexity index is 388. The molecule has 1 heterocycles. The van der Waals surface area contributed by atoms with Crippen molar-refractivity contribution in [2.24, 2.45) is 5.92 Å². The van der Waals surface area contributed by atoms with Crippen LogP contribution in [-0.4, -0.2) is 10.9 Å². The Labute approximate surface area is 93.8 Å². The zero-order valence-corrected chi connectivity index (χ0v) is 9.34. The van der Waals surface area contributed by atoms with Crippen LogP contribution in [0.3, 0.4) is 0 Å². The Kier molecular flexibility index (Phi) is 2.91. The van der Waals surface area contributed by atoms with Crippen LogP contribution in [-0.2, 0) is 4.79 Å². The van der Waals surface area contributed by atoms with Crippen molar-refractivity contribution in [1.29, 1.82) is 0 Å². The van der Waals surface area contributed by atoms with Crippen molar-refractivity contribution in [3.05, 3.63) is 23.0 Å². The molecule has 0 unspecified atom stereocenters. The normalized spacial score (nSPS) is 15.1. The maximum atomic E-state index is 11.5. The molecule has 0 aliphatic heterocycles. The monoisotopic (exact) mass is 224 g/mol. The number of nitrogens with zero attached hydrogens (tertiary/aromatic N) is 1. The zero-order valence-electron chi connectivity index (χ0n) is 8.59. The summed E-state index contributed by atoms with van der Waals surface area (Å²) in [5, 5.41) is 3.14. The van der Waals surface area contributed by atoms with E-state index in [1.807, 2.05) is 13.0 Å². The number of halogens is 1. The first-order valence-corrected chi connectivity index (χ1v) is 5.45. The van der Waals surface area contributed by atoms with Crippen molar-refractivity contribution >= 4 is 23.2 Å². The third-order valence-corrected chi connectivity index (χ3v) is 2.72. The van der Waals surface area contributed by atoms with Gasteiger partial charge in [0.05, 0.1) is 5.69 Å². The van der Waals surface area contributed by atoms with Crippen LogP contribution < -0.4 is 5.32 Å². The maximum Gasteiger partial charge on any atom is 0.224 e. The zero-order chi connectivity index (χ0) is 10.8. The number of hydrogen-bond donors (Lipinski definition) is 1. The Balaban J connectivity index is 2.01. The Morgan fingerprint density at radius 2 is 2.40 bits per heavy atom. The number of nitrogens with one attached hydrogen (secondary N) is 1. The van der Waals surface area contributed by atoms with E-state index >= 15 is 0 Å². The molecule has 3 nitrogen and oxygen atoms in total. The number of aromatic nitrogens is 1. The Morgan fingerprint density at radius 3 is 3.07 bits per heavy atom. The molecular formula is C11H13ClN2O. The summed E-state index contributed by atoms with van der Waals surface area (Å²) in [7, 11) is 0. The first-order chi connectivity index (χ1) is 7.15. The minimum absolute atomic E-state index is 0.0341. The number of anilines is 1. The minimum Gasteiger partial charge on any atom is -0.323 e. The molecular weight excluding hydrogens is 212 g/mol. The molecule has 4 heteroatoms. The topological polar surface area (TPSA) is 42.0 Å². The predicted octanol–water partition coefficient (Wildman–Crippen LogP) is 2.78. The van der Waals surface area contributed by atoms with E-state index in [9.17, 15) is 4.79 Å². The first-order valence-electron chi connectivity index (χ1n) is 5.07. The van der Waals surface area contributed by atoms with E-state index in [0.29, 0.717) is 23.2 Å². The van der Waals surface area contributed by atoms with Gasteiger partial charge in [-0.2, -0.15) is 0 Å². The number of carbonyl (C=O) groups is 1. The number of amides is 1. The van der Waals surface area contributed by atoms with Gasteiger partial charge < -0.3 is 5.32 Å². The first kappa shape index (κ1) is 10.4. The number of carbonyl (C=O) groups excluding carboxylic acids is 1. The van der Waals surface area contributed by atoms with Crippen molar-refractivity contribution in [3.63, 3.8) is 0 Å². The van der Waals surface area contributed by atoms with Crippen LogP contribution in [0.4, 0.5) is 5.69 Å². The summed E-state index contributed by atoms with van der Waals surface area (Å²) in [5.74, 6) is 0.619. The summed E-state index contributed by atoms with van der Waals surface area (Å²) >= 11 is 5.87. The van der Waals surface area contributed by atoms with Gasteiger partial charge in [0.2, 0.25) is 5.91 Å². The highest BCUT2D eigenvalue weighted by atomic mass is 35.5. The van der Waals surface area contributed by atoms with Crippen LogP contribution >= 0.6 is 11.6 Å². The molecule has 1 N–H and O–H groups in total. The van der Waals surface area contributed by atoms with Crippen molar-refractivity contribution < 1.29 is 4.79 Å². The third kappa shape index (κ3) is 2.93. The number of pyridine rings is 1. The van der Waals surface area contributed by atoms with Gasteiger partial charge in [-0.25, -0.2) is 4.98 Å². The Hall–Kier alpha value is -1.09. The van der Waals surface area contributed by atoms with Gasteiger partial charge in [-0.05, 0) is 37.3 Å². The van der Waals surface area contributed by atoms with Crippen molar-refractivity contribution in [2.75, 3.05) is 5.32 Å². The number of rotatable bonds is 3. The third-order valence-electron chi connectivity index (χ3n) is 2.42. The van der Waals surface area contributed by atoms with Gasteiger partial charge in [-0.1, -0.05) is 11.6 Å². The largest absolute Gasteiger partial charge is 0.323 e. The van der Waals surface area contributed by atoms with Gasteiger partial charge in [0.25, 0.3) is 0 Å². The molecule has 1 aromatic heterocycles. The molecule has 0 radical (unpaired) electrons. The fourth-order valence-corrected chi connectivity index (χ4v) is 1.58. The fourth-order valence-electron chi connectivity index (χ4n) is 1.43. The second kappa shape index (κ2) is 4.19. The Morgan fingerprint density at radius 1 is 1.67 bits per heavy atom. The van der Waals surface area contributed by atoms with Gasteiger partial charge in [-0.15, -0.1) is 0 Å². The van der Waals surface area contributed by atoms with E-state index in [4.69, 9.17) is 11.6 Å². The summed E-state index contributed by atoms with van der Waals surface area (Å²) in [6.45, 7) is 1.92.